The van der Waals surface area contributed by atoms with Crippen molar-refractivity contribution in [2.45, 2.75) is 12.7 Å². The lowest BCUT2D eigenvalue weighted by atomic mass is 10.1. The summed E-state index contributed by atoms with van der Waals surface area (Å²) in [6, 6.07) is 14.8. The van der Waals surface area contributed by atoms with Gasteiger partial charge in [-0.3, -0.25) is 20.4 Å². The van der Waals surface area contributed by atoms with Crippen molar-refractivity contribution in [3.63, 3.8) is 0 Å². The fourth-order valence-corrected chi connectivity index (χ4v) is 3.53. The number of nitrogens with zero attached hydrogens (tertiary/aromatic N) is 3. The van der Waals surface area contributed by atoms with E-state index in [1.54, 1.807) is 0 Å². The second-order valence-corrected chi connectivity index (χ2v) is 7.63. The highest BCUT2D eigenvalue weighted by Gasteiger charge is 2.14. The van der Waals surface area contributed by atoms with Crippen molar-refractivity contribution in [3.8, 4) is 11.3 Å². The molecule has 0 aliphatic rings. The molecule has 0 spiro atoms. The van der Waals surface area contributed by atoms with Crippen molar-refractivity contribution in [2.75, 3.05) is 5.75 Å². The summed E-state index contributed by atoms with van der Waals surface area (Å²) < 4.78 is 7.15. The maximum absolute atomic E-state index is 12.1. The molecule has 152 valence electrons. The lowest BCUT2D eigenvalue weighted by molar-refractivity contribution is -0.119. The van der Waals surface area contributed by atoms with E-state index in [-0.39, 0.29) is 17.4 Å². The molecule has 2 N–H and O–H groups in total. The molecule has 9 heteroatoms. The molecule has 0 aliphatic carbocycles. The molecule has 4 rings (SSSR count). The number of nitrogens with one attached hydrogen (secondary N) is 2. The van der Waals surface area contributed by atoms with Crippen molar-refractivity contribution in [2.24, 2.45) is 0 Å². The van der Waals surface area contributed by atoms with Crippen LogP contribution in [0.15, 0.2) is 65.4 Å². The van der Waals surface area contributed by atoms with Gasteiger partial charge in [0.25, 0.3) is 5.91 Å². The number of hydrazine groups is 1. The standard InChI is InChI=1S/C21H19N5O3S/c1-14-7-8-19-22-16(11-26(19)10-14)12-30-13-20(27)23-24-21(28)17-9-18(29-25-17)15-5-3-2-4-6-15/h2-11H,12-13H2,1H3,(H,23,27)(H,24,28). The number of rotatable bonds is 6. The summed E-state index contributed by atoms with van der Waals surface area (Å²) in [4.78, 5) is 28.7. The third-order valence-corrected chi connectivity index (χ3v) is 5.21. The summed E-state index contributed by atoms with van der Waals surface area (Å²) in [5.41, 5.74) is 8.53. The van der Waals surface area contributed by atoms with Gasteiger partial charge in [0.2, 0.25) is 5.91 Å². The third-order valence-electron chi connectivity index (χ3n) is 4.25. The van der Waals surface area contributed by atoms with E-state index < -0.39 is 5.91 Å². The van der Waals surface area contributed by atoms with E-state index in [0.717, 1.165) is 22.5 Å². The molecule has 0 fully saturated rings. The topological polar surface area (TPSA) is 102 Å². The zero-order chi connectivity index (χ0) is 20.9. The number of carbonyl (C=O) groups is 2. The number of carbonyl (C=O) groups excluding carboxylic acids is 2. The average Bonchev–Trinajstić information content (AvgIpc) is 3.39. The Kier molecular flexibility index (Phi) is 5.80. The predicted octanol–water partition coefficient (Wildman–Crippen LogP) is 2.99. The molecule has 0 bridgehead atoms. The summed E-state index contributed by atoms with van der Waals surface area (Å²) in [6.07, 6.45) is 3.95. The van der Waals surface area contributed by atoms with Crippen LogP contribution in [-0.2, 0) is 10.5 Å². The fourth-order valence-electron chi connectivity index (χ4n) is 2.82. The molecule has 0 unspecified atom stereocenters. The molecular formula is C21H19N5O3S. The van der Waals surface area contributed by atoms with Crippen molar-refractivity contribution < 1.29 is 14.1 Å². The van der Waals surface area contributed by atoms with Gasteiger partial charge < -0.3 is 8.92 Å². The second-order valence-electron chi connectivity index (χ2n) is 6.64. The van der Waals surface area contributed by atoms with Crippen molar-refractivity contribution in [1.29, 1.82) is 0 Å². The van der Waals surface area contributed by atoms with E-state index in [1.807, 2.05) is 66.2 Å². The van der Waals surface area contributed by atoms with E-state index in [0.29, 0.717) is 11.5 Å². The molecular weight excluding hydrogens is 402 g/mol. The number of thioether (sulfide) groups is 1. The summed E-state index contributed by atoms with van der Waals surface area (Å²) in [6.45, 7) is 2.02. The summed E-state index contributed by atoms with van der Waals surface area (Å²) >= 11 is 1.41. The zero-order valence-electron chi connectivity index (χ0n) is 16.2. The van der Waals surface area contributed by atoms with Crippen molar-refractivity contribution in [1.82, 2.24) is 25.4 Å². The number of aromatic nitrogens is 3. The Morgan fingerprint density at radius 2 is 1.93 bits per heavy atom. The number of fused-ring (bicyclic) bond motifs is 1. The van der Waals surface area contributed by atoms with E-state index in [2.05, 4.69) is 21.0 Å². The third kappa shape index (κ3) is 4.69. The highest BCUT2D eigenvalue weighted by atomic mass is 32.2. The van der Waals surface area contributed by atoms with Gasteiger partial charge in [-0.15, -0.1) is 11.8 Å². The van der Waals surface area contributed by atoms with Gasteiger partial charge in [0.1, 0.15) is 5.65 Å². The molecule has 8 nitrogen and oxygen atoms in total. The van der Waals surface area contributed by atoms with Crippen LogP contribution in [0, 0.1) is 6.92 Å². The molecule has 4 aromatic rings. The van der Waals surface area contributed by atoms with Crippen LogP contribution in [0.2, 0.25) is 0 Å². The lowest BCUT2D eigenvalue weighted by Gasteiger charge is -2.04. The first-order valence-electron chi connectivity index (χ1n) is 9.22. The Morgan fingerprint density at radius 3 is 2.77 bits per heavy atom. The van der Waals surface area contributed by atoms with Crippen LogP contribution in [-0.4, -0.2) is 32.1 Å². The molecule has 0 saturated carbocycles. The van der Waals surface area contributed by atoms with Crippen LogP contribution in [0.4, 0.5) is 0 Å². The van der Waals surface area contributed by atoms with E-state index >= 15 is 0 Å². The molecule has 3 heterocycles. The number of pyridine rings is 1. The van der Waals surface area contributed by atoms with Gasteiger partial charge in [0, 0.05) is 29.8 Å². The van der Waals surface area contributed by atoms with Gasteiger partial charge >= 0.3 is 0 Å². The molecule has 2 amide bonds. The minimum Gasteiger partial charge on any atom is -0.355 e. The van der Waals surface area contributed by atoms with Crippen molar-refractivity contribution >= 4 is 29.2 Å². The maximum atomic E-state index is 12.1. The van der Waals surface area contributed by atoms with Crippen LogP contribution in [0.5, 0.6) is 0 Å². The Morgan fingerprint density at radius 1 is 1.10 bits per heavy atom. The number of benzene rings is 1. The smallest absolute Gasteiger partial charge is 0.291 e. The average molecular weight is 421 g/mol. The van der Waals surface area contributed by atoms with E-state index in [1.165, 1.54) is 17.8 Å². The highest BCUT2D eigenvalue weighted by molar-refractivity contribution is 7.99. The highest BCUT2D eigenvalue weighted by Crippen LogP contribution is 2.19. The monoisotopic (exact) mass is 421 g/mol. The van der Waals surface area contributed by atoms with Crippen LogP contribution in [0.3, 0.4) is 0 Å². The lowest BCUT2D eigenvalue weighted by Crippen LogP contribution is -2.42. The second kappa shape index (κ2) is 8.83. The summed E-state index contributed by atoms with van der Waals surface area (Å²) in [5, 5.41) is 3.75. The van der Waals surface area contributed by atoms with Crippen LogP contribution in [0.25, 0.3) is 17.0 Å². The molecule has 0 aliphatic heterocycles. The summed E-state index contributed by atoms with van der Waals surface area (Å²) in [7, 11) is 0. The predicted molar refractivity (Wildman–Crippen MR) is 114 cm³/mol. The maximum Gasteiger partial charge on any atom is 0.291 e. The van der Waals surface area contributed by atoms with Gasteiger partial charge in [0.15, 0.2) is 11.5 Å². The van der Waals surface area contributed by atoms with Crippen LogP contribution < -0.4 is 10.9 Å². The minimum absolute atomic E-state index is 0.0850. The molecule has 0 radical (unpaired) electrons. The Hall–Kier alpha value is -3.59. The number of hydrogen-bond donors (Lipinski definition) is 2. The minimum atomic E-state index is -0.546. The fraction of sp³-hybridized carbons (Fsp3) is 0.143. The summed E-state index contributed by atoms with van der Waals surface area (Å²) in [5.74, 6) is 0.382. The van der Waals surface area contributed by atoms with Crippen LogP contribution in [0.1, 0.15) is 21.7 Å². The zero-order valence-corrected chi connectivity index (χ0v) is 17.0. The normalized spacial score (nSPS) is 10.8. The Labute approximate surface area is 176 Å². The number of imidazole rings is 1. The van der Waals surface area contributed by atoms with Gasteiger partial charge in [0.05, 0.1) is 11.4 Å². The quantitative estimate of drug-likeness (QED) is 0.464. The first-order valence-corrected chi connectivity index (χ1v) is 10.4. The first kappa shape index (κ1) is 19.7. The van der Waals surface area contributed by atoms with Crippen molar-refractivity contribution in [3.05, 3.63) is 77.9 Å². The largest absolute Gasteiger partial charge is 0.355 e. The molecule has 1 aromatic carbocycles. The molecule has 0 atom stereocenters. The number of amides is 2. The van der Waals surface area contributed by atoms with Gasteiger partial charge in [-0.25, -0.2) is 4.98 Å². The SMILES string of the molecule is Cc1ccc2nc(CSCC(=O)NNC(=O)c3cc(-c4ccccc4)on3)cn2c1. The van der Waals surface area contributed by atoms with Gasteiger partial charge in [-0.1, -0.05) is 41.6 Å². The number of aryl methyl sites for hydroxylation is 1. The molecule has 3 aromatic heterocycles. The Bertz CT molecular complexity index is 1190. The Balaban J connectivity index is 1.23. The number of hydrogen-bond acceptors (Lipinski definition) is 6. The van der Waals surface area contributed by atoms with Gasteiger partial charge in [-0.05, 0) is 18.6 Å². The molecule has 0 saturated heterocycles. The van der Waals surface area contributed by atoms with E-state index in [9.17, 15) is 9.59 Å². The first-order chi connectivity index (χ1) is 14.6. The van der Waals surface area contributed by atoms with Crippen LogP contribution >= 0.6 is 11.8 Å². The van der Waals surface area contributed by atoms with E-state index in [4.69, 9.17) is 4.52 Å². The van der Waals surface area contributed by atoms with Gasteiger partial charge in [-0.2, -0.15) is 0 Å². The molecule has 30 heavy (non-hydrogen) atoms.